The average molecular weight is 124 g/mol. The topological polar surface area (TPSA) is 46.5 Å². The molecule has 0 aliphatic heterocycles. The summed E-state index contributed by atoms with van der Waals surface area (Å²) in [7, 11) is 2.42. The highest BCUT2D eigenvalue weighted by molar-refractivity contribution is 7.15. The molecule has 0 bridgehead atoms. The van der Waals surface area contributed by atoms with Gasteiger partial charge in [0.25, 0.3) is 0 Å². The van der Waals surface area contributed by atoms with Crippen LogP contribution >= 0.6 is 9.24 Å². The van der Waals surface area contributed by atoms with E-state index in [2.05, 4.69) is 14.1 Å². The lowest BCUT2D eigenvalue weighted by Gasteiger charge is -1.76. The van der Waals surface area contributed by atoms with Crippen molar-refractivity contribution in [3.05, 3.63) is 0 Å². The average Bonchev–Trinajstić information content (AvgIpc) is 1.73. The van der Waals surface area contributed by atoms with Gasteiger partial charge in [-0.25, -0.2) is 4.79 Å². The Morgan fingerprint density at radius 2 is 1.86 bits per heavy atom. The predicted molar refractivity (Wildman–Crippen MR) is 30.0 cm³/mol. The van der Waals surface area contributed by atoms with Gasteiger partial charge in [0.15, 0.2) is 0 Å². The van der Waals surface area contributed by atoms with Gasteiger partial charge in [0.05, 0.1) is 0 Å². The van der Waals surface area contributed by atoms with Gasteiger partial charge >= 0.3 is 5.97 Å². The Morgan fingerprint density at radius 3 is 1.86 bits per heavy atom. The van der Waals surface area contributed by atoms with Crippen LogP contribution in [0.15, 0.2) is 0 Å². The van der Waals surface area contributed by atoms with Crippen molar-refractivity contribution in [3.63, 3.8) is 0 Å². The lowest BCUT2D eigenvalue weighted by molar-refractivity contribution is -0.231. The maximum atomic E-state index is 9.34. The molecule has 0 fully saturated rings. The van der Waals surface area contributed by atoms with E-state index in [1.807, 2.05) is 6.66 Å². The van der Waals surface area contributed by atoms with Crippen LogP contribution in [0.5, 0.6) is 0 Å². The molecule has 1 atom stereocenters. The largest absolute Gasteiger partial charge is 0.339 e. The molecule has 0 radical (unpaired) electrons. The number of carbonyl (C=O) groups excluding carboxylic acids is 1. The molecule has 0 aromatic carbocycles. The summed E-state index contributed by atoms with van der Waals surface area (Å²) in [5.41, 5.74) is 0. The Balaban J connectivity index is 0. The molecule has 0 aromatic rings. The first-order chi connectivity index (χ1) is 3.27. The van der Waals surface area contributed by atoms with E-state index < -0.39 is 5.97 Å². The van der Waals surface area contributed by atoms with Crippen molar-refractivity contribution in [3.8, 4) is 0 Å². The molecule has 0 spiro atoms. The first kappa shape index (κ1) is 9.97. The fourth-order valence-corrected chi connectivity index (χ4v) is 0. The van der Waals surface area contributed by atoms with Gasteiger partial charge in [-0.2, -0.15) is 5.26 Å². The summed E-state index contributed by atoms with van der Waals surface area (Å²) in [6, 6.07) is 0. The van der Waals surface area contributed by atoms with Crippen molar-refractivity contribution < 1.29 is 14.9 Å². The third-order valence-electron chi connectivity index (χ3n) is 0.129. The molecule has 0 rings (SSSR count). The SMILES string of the molecule is CC(=O)OO.CP. The van der Waals surface area contributed by atoms with Gasteiger partial charge in [0, 0.05) is 6.92 Å². The van der Waals surface area contributed by atoms with Gasteiger partial charge in [-0.1, -0.05) is 6.66 Å². The quantitative estimate of drug-likeness (QED) is 0.291. The molecule has 4 heteroatoms. The molecule has 0 aromatic heterocycles. The van der Waals surface area contributed by atoms with Gasteiger partial charge < -0.3 is 4.89 Å². The molecular formula is C3H9O3P. The summed E-state index contributed by atoms with van der Waals surface area (Å²) >= 11 is 0. The minimum absolute atomic E-state index is 0.690. The number of rotatable bonds is 0. The highest BCUT2D eigenvalue weighted by Crippen LogP contribution is 1.59. The maximum absolute atomic E-state index is 9.34. The summed E-state index contributed by atoms with van der Waals surface area (Å²) in [4.78, 5) is 12.5. The standard InChI is InChI=1S/C2H4O3.CH5P/c1-2(3)5-4;1-2/h4H,1H3;2H2,1H3. The maximum Gasteiger partial charge on any atom is 0.339 e. The first-order valence-corrected chi connectivity index (χ1v) is 2.82. The Labute approximate surface area is 44.8 Å². The summed E-state index contributed by atoms with van der Waals surface area (Å²) < 4.78 is 0. The summed E-state index contributed by atoms with van der Waals surface area (Å²) in [5.74, 6) is -0.690. The molecule has 0 heterocycles. The fourth-order valence-electron chi connectivity index (χ4n) is 0. The van der Waals surface area contributed by atoms with Gasteiger partial charge in [-0.05, 0) is 0 Å². The molecule has 0 aliphatic carbocycles. The summed E-state index contributed by atoms with van der Waals surface area (Å²) in [5, 5.41) is 7.29. The highest BCUT2D eigenvalue weighted by atomic mass is 31.0. The smallest absolute Gasteiger partial charge is 0.301 e. The van der Waals surface area contributed by atoms with E-state index in [9.17, 15) is 4.79 Å². The van der Waals surface area contributed by atoms with Crippen LogP contribution in [0, 0.1) is 0 Å². The normalized spacial score (nSPS) is 5.71. The summed E-state index contributed by atoms with van der Waals surface area (Å²) in [6.45, 7) is 3.03. The highest BCUT2D eigenvalue weighted by Gasteiger charge is 1.79. The van der Waals surface area contributed by atoms with E-state index in [0.717, 1.165) is 6.92 Å². The van der Waals surface area contributed by atoms with Crippen molar-refractivity contribution in [2.45, 2.75) is 6.92 Å². The zero-order valence-electron chi connectivity index (χ0n) is 4.34. The van der Waals surface area contributed by atoms with E-state index >= 15 is 0 Å². The van der Waals surface area contributed by atoms with E-state index in [0.29, 0.717) is 0 Å². The van der Waals surface area contributed by atoms with Crippen LogP contribution in [0.4, 0.5) is 0 Å². The zero-order chi connectivity index (χ0) is 6.28. The molecule has 0 amide bonds. The van der Waals surface area contributed by atoms with Gasteiger partial charge in [0.2, 0.25) is 0 Å². The third-order valence-corrected chi connectivity index (χ3v) is 0.129. The number of carbonyl (C=O) groups is 1. The van der Waals surface area contributed by atoms with Crippen molar-refractivity contribution in [1.82, 2.24) is 0 Å². The molecule has 7 heavy (non-hydrogen) atoms. The second kappa shape index (κ2) is 9.29. The van der Waals surface area contributed by atoms with Crippen LogP contribution in [0.2, 0.25) is 0 Å². The fraction of sp³-hybridized carbons (Fsp3) is 0.667. The van der Waals surface area contributed by atoms with E-state index in [1.54, 1.807) is 0 Å². The molecular weight excluding hydrogens is 115 g/mol. The predicted octanol–water partition coefficient (Wildman–Crippen LogP) is 0.514. The molecule has 1 N–H and O–H groups in total. The molecule has 3 nitrogen and oxygen atoms in total. The lowest BCUT2D eigenvalue weighted by Crippen LogP contribution is -1.89. The Hall–Kier alpha value is -0.140. The molecule has 0 saturated carbocycles. The van der Waals surface area contributed by atoms with Gasteiger partial charge in [-0.15, -0.1) is 9.24 Å². The van der Waals surface area contributed by atoms with Crippen molar-refractivity contribution >= 4 is 15.2 Å². The van der Waals surface area contributed by atoms with Crippen LogP contribution in [0.3, 0.4) is 0 Å². The Bertz CT molecular complexity index is 45.4. The van der Waals surface area contributed by atoms with Crippen molar-refractivity contribution in [1.29, 1.82) is 0 Å². The molecule has 1 unspecified atom stereocenters. The number of hydrogen-bond donors (Lipinski definition) is 1. The van der Waals surface area contributed by atoms with E-state index in [-0.39, 0.29) is 0 Å². The van der Waals surface area contributed by atoms with E-state index in [4.69, 9.17) is 5.26 Å². The van der Waals surface area contributed by atoms with E-state index in [1.165, 1.54) is 0 Å². The molecule has 44 valence electrons. The monoisotopic (exact) mass is 124 g/mol. The molecule has 0 aliphatic rings. The van der Waals surface area contributed by atoms with Crippen LogP contribution in [-0.4, -0.2) is 17.9 Å². The van der Waals surface area contributed by atoms with Gasteiger partial charge in [0.1, 0.15) is 0 Å². The van der Waals surface area contributed by atoms with Crippen LogP contribution < -0.4 is 0 Å². The number of hydrogen-bond acceptors (Lipinski definition) is 3. The Morgan fingerprint density at radius 1 is 1.71 bits per heavy atom. The first-order valence-electron chi connectivity index (χ1n) is 1.67. The van der Waals surface area contributed by atoms with Crippen LogP contribution in [-0.2, 0) is 9.68 Å². The minimum atomic E-state index is -0.690. The van der Waals surface area contributed by atoms with Crippen molar-refractivity contribution in [2.75, 3.05) is 6.66 Å². The van der Waals surface area contributed by atoms with Gasteiger partial charge in [-0.3, -0.25) is 0 Å². The Kier molecular flexibility index (Phi) is 13.2. The lowest BCUT2D eigenvalue weighted by atomic mass is 10.9. The second-order valence-electron chi connectivity index (χ2n) is 0.583. The summed E-state index contributed by atoms with van der Waals surface area (Å²) in [6.07, 6.45) is 0. The molecule has 0 saturated heterocycles. The van der Waals surface area contributed by atoms with Crippen LogP contribution in [0.25, 0.3) is 0 Å². The van der Waals surface area contributed by atoms with Crippen molar-refractivity contribution in [2.24, 2.45) is 0 Å². The van der Waals surface area contributed by atoms with Crippen LogP contribution in [0.1, 0.15) is 6.92 Å². The zero-order valence-corrected chi connectivity index (χ0v) is 5.50. The second-order valence-corrected chi connectivity index (χ2v) is 0.583. The minimum Gasteiger partial charge on any atom is -0.301 e. The third kappa shape index (κ3) is 25.2.